The summed E-state index contributed by atoms with van der Waals surface area (Å²) in [5.41, 5.74) is 2.57. The van der Waals surface area contributed by atoms with Crippen molar-refractivity contribution >= 4 is 11.7 Å². The molecule has 1 unspecified atom stereocenters. The third-order valence-corrected chi connectivity index (χ3v) is 6.43. The molecule has 38 heavy (non-hydrogen) atoms. The maximum Gasteiger partial charge on any atom is 0.573 e. The van der Waals surface area contributed by atoms with Crippen LogP contribution >= 0.6 is 0 Å². The second-order valence-corrected chi connectivity index (χ2v) is 10.4. The smallest absolute Gasteiger partial charge is 0.490 e. The summed E-state index contributed by atoms with van der Waals surface area (Å²) in [6.45, 7) is 4.37. The van der Waals surface area contributed by atoms with Gasteiger partial charge in [-0.1, -0.05) is 30.3 Å². The summed E-state index contributed by atoms with van der Waals surface area (Å²) >= 11 is 0. The average molecular weight is 538 g/mol. The van der Waals surface area contributed by atoms with Crippen molar-refractivity contribution in [2.45, 2.75) is 63.5 Å². The fraction of sp³-hybridized carbons (Fsp3) is 0.464. The van der Waals surface area contributed by atoms with E-state index in [0.29, 0.717) is 25.0 Å². The molecule has 3 atom stereocenters. The first-order valence-corrected chi connectivity index (χ1v) is 12.4. The minimum absolute atomic E-state index is 0.160. The number of carbonyl (C=O) groups excluding carboxylic acids is 1. The summed E-state index contributed by atoms with van der Waals surface area (Å²) in [6.07, 6.45) is -1.34. The van der Waals surface area contributed by atoms with Gasteiger partial charge in [-0.25, -0.2) is 4.39 Å². The zero-order valence-electron chi connectivity index (χ0n) is 21.4. The van der Waals surface area contributed by atoms with Gasteiger partial charge in [0.15, 0.2) is 0 Å². The second-order valence-electron chi connectivity index (χ2n) is 10.4. The lowest BCUT2D eigenvalue weighted by Crippen LogP contribution is -2.47. The van der Waals surface area contributed by atoms with E-state index < -0.39 is 41.8 Å². The van der Waals surface area contributed by atoms with Crippen LogP contribution in [0.4, 0.5) is 17.6 Å². The number of hydroxylamine groups is 1. The molecular formula is C28H31F4NO5. The highest BCUT2D eigenvalue weighted by molar-refractivity contribution is 5.76. The van der Waals surface area contributed by atoms with Crippen LogP contribution in [-0.2, 0) is 14.4 Å². The van der Waals surface area contributed by atoms with Crippen LogP contribution in [0.2, 0.25) is 0 Å². The van der Waals surface area contributed by atoms with E-state index in [-0.39, 0.29) is 23.9 Å². The highest BCUT2D eigenvalue weighted by Crippen LogP contribution is 2.51. The molecule has 10 heteroatoms. The van der Waals surface area contributed by atoms with Crippen molar-refractivity contribution in [2.75, 3.05) is 13.3 Å². The highest BCUT2D eigenvalue weighted by Gasteiger charge is 2.52. The quantitative estimate of drug-likeness (QED) is 0.323. The zero-order valence-corrected chi connectivity index (χ0v) is 21.4. The van der Waals surface area contributed by atoms with Gasteiger partial charge >= 0.3 is 12.3 Å². The van der Waals surface area contributed by atoms with E-state index in [9.17, 15) is 22.4 Å². The Morgan fingerprint density at radius 1 is 1.13 bits per heavy atom. The Balaban J connectivity index is 1.77. The Bertz CT molecular complexity index is 1160. The summed E-state index contributed by atoms with van der Waals surface area (Å²) in [5.74, 6) is -1.61. The van der Waals surface area contributed by atoms with Gasteiger partial charge in [-0.05, 0) is 69.9 Å². The number of carbonyl (C=O) groups is 1. The highest BCUT2D eigenvalue weighted by atomic mass is 19.4. The molecule has 0 radical (unpaired) electrons. The molecule has 2 aromatic rings. The normalized spacial score (nSPS) is 23.5. The fourth-order valence-electron chi connectivity index (χ4n) is 5.12. The van der Waals surface area contributed by atoms with Crippen LogP contribution < -0.4 is 15.0 Å². The molecule has 4 rings (SSSR count). The number of nitrogens with one attached hydrogen (secondary N) is 1. The maximum atomic E-state index is 13.3. The van der Waals surface area contributed by atoms with Gasteiger partial charge in [-0.15, -0.1) is 13.2 Å². The van der Waals surface area contributed by atoms with Crippen molar-refractivity contribution in [1.29, 1.82) is 0 Å². The minimum atomic E-state index is -4.89. The van der Waals surface area contributed by atoms with Crippen LogP contribution in [0.25, 0.3) is 5.70 Å². The lowest BCUT2D eigenvalue weighted by Gasteiger charge is -2.43. The molecule has 0 amide bonds. The molecule has 1 heterocycles. The number of halogens is 4. The van der Waals surface area contributed by atoms with Crippen LogP contribution in [-0.4, -0.2) is 36.8 Å². The van der Waals surface area contributed by atoms with E-state index in [1.165, 1.54) is 6.07 Å². The summed E-state index contributed by atoms with van der Waals surface area (Å²) < 4.78 is 66.9. The lowest BCUT2D eigenvalue weighted by molar-refractivity contribution is -0.274. The third kappa shape index (κ3) is 6.40. The van der Waals surface area contributed by atoms with Crippen LogP contribution in [0.5, 0.6) is 11.5 Å². The molecule has 2 aromatic carbocycles. The van der Waals surface area contributed by atoms with E-state index >= 15 is 0 Å². The first-order valence-electron chi connectivity index (χ1n) is 12.4. The largest absolute Gasteiger partial charge is 0.573 e. The number of benzene rings is 2. The molecular weight excluding hydrogens is 506 g/mol. The summed E-state index contributed by atoms with van der Waals surface area (Å²) in [6, 6.07) is 13.0. The van der Waals surface area contributed by atoms with Gasteiger partial charge in [0, 0.05) is 11.5 Å². The van der Waals surface area contributed by atoms with E-state index in [1.807, 2.05) is 51.1 Å². The van der Waals surface area contributed by atoms with Gasteiger partial charge in [0.2, 0.25) is 0 Å². The van der Waals surface area contributed by atoms with Gasteiger partial charge < -0.3 is 14.2 Å². The van der Waals surface area contributed by atoms with E-state index in [1.54, 1.807) is 6.08 Å². The van der Waals surface area contributed by atoms with Crippen molar-refractivity contribution in [1.82, 2.24) is 5.48 Å². The van der Waals surface area contributed by atoms with Crippen molar-refractivity contribution in [3.05, 3.63) is 65.7 Å². The van der Waals surface area contributed by atoms with Crippen molar-refractivity contribution < 1.29 is 41.4 Å². The topological polar surface area (TPSA) is 66.0 Å². The SMILES string of the molecule is CC(C)(C)OC(=O)C1CCC[C@]2(C=C(c3cc(OC(F)(F)F)ccc3OCCF)NO2)[C@@H]1c1ccccc1. The molecule has 1 aliphatic carbocycles. The molecule has 1 spiro atoms. The fourth-order valence-corrected chi connectivity index (χ4v) is 5.12. The minimum Gasteiger partial charge on any atom is -0.490 e. The molecule has 6 nitrogen and oxygen atoms in total. The van der Waals surface area contributed by atoms with Gasteiger partial charge in [0.1, 0.15) is 36.0 Å². The van der Waals surface area contributed by atoms with E-state index in [4.69, 9.17) is 14.3 Å². The zero-order chi connectivity index (χ0) is 27.6. The number of rotatable bonds is 7. The molecule has 1 aliphatic heterocycles. The van der Waals surface area contributed by atoms with Gasteiger partial charge in [0.05, 0.1) is 11.6 Å². The molecule has 1 saturated carbocycles. The first-order chi connectivity index (χ1) is 17.9. The number of alkyl halides is 4. The average Bonchev–Trinajstić information content (AvgIpc) is 3.25. The summed E-state index contributed by atoms with van der Waals surface area (Å²) in [4.78, 5) is 19.5. The molecule has 206 valence electrons. The van der Waals surface area contributed by atoms with Gasteiger partial charge in [-0.2, -0.15) is 0 Å². The summed E-state index contributed by atoms with van der Waals surface area (Å²) in [5, 5.41) is 0. The Hall–Kier alpha value is -3.27. The Morgan fingerprint density at radius 3 is 2.53 bits per heavy atom. The summed E-state index contributed by atoms with van der Waals surface area (Å²) in [7, 11) is 0. The molecule has 1 N–H and O–H groups in total. The van der Waals surface area contributed by atoms with Crippen LogP contribution in [0, 0.1) is 5.92 Å². The van der Waals surface area contributed by atoms with E-state index in [2.05, 4.69) is 10.2 Å². The van der Waals surface area contributed by atoms with Crippen molar-refractivity contribution in [2.24, 2.45) is 5.92 Å². The lowest BCUT2D eigenvalue weighted by atomic mass is 9.65. The Morgan fingerprint density at radius 2 is 1.87 bits per heavy atom. The number of esters is 1. The van der Waals surface area contributed by atoms with Gasteiger partial charge in [0.25, 0.3) is 0 Å². The predicted octanol–water partition coefficient (Wildman–Crippen LogP) is 6.47. The number of ether oxygens (including phenoxy) is 3. The maximum absolute atomic E-state index is 13.3. The third-order valence-electron chi connectivity index (χ3n) is 6.43. The Labute approximate surface area is 218 Å². The van der Waals surface area contributed by atoms with E-state index in [0.717, 1.165) is 17.7 Å². The van der Waals surface area contributed by atoms with Crippen LogP contribution in [0.15, 0.2) is 54.6 Å². The molecule has 0 bridgehead atoms. The van der Waals surface area contributed by atoms with Crippen LogP contribution in [0.3, 0.4) is 0 Å². The predicted molar refractivity (Wildman–Crippen MR) is 132 cm³/mol. The van der Waals surface area contributed by atoms with Crippen molar-refractivity contribution in [3.8, 4) is 11.5 Å². The first kappa shape index (κ1) is 27.8. The van der Waals surface area contributed by atoms with Gasteiger partial charge in [-0.3, -0.25) is 15.1 Å². The molecule has 0 saturated heterocycles. The number of hydrogen-bond donors (Lipinski definition) is 1. The number of hydrogen-bond acceptors (Lipinski definition) is 6. The second kappa shape index (κ2) is 10.8. The monoisotopic (exact) mass is 537 g/mol. The standard InChI is InChI=1S/C28H31F4NO5/c1-26(2,3)37-25(34)20-10-7-13-27(24(20)18-8-5-4-6-9-18)17-22(33-38-27)21-16-19(36-28(30,31)32)11-12-23(21)35-15-14-29/h4-6,8-9,11-12,16-17,20,24,33H,7,10,13-15H2,1-3H3/t20?,24-,27+/m1/s1. The Kier molecular flexibility index (Phi) is 7.92. The van der Waals surface area contributed by atoms with Crippen molar-refractivity contribution in [3.63, 3.8) is 0 Å². The molecule has 2 aliphatic rings. The molecule has 0 aromatic heterocycles. The molecule has 1 fully saturated rings. The van der Waals surface area contributed by atoms with Crippen LogP contribution in [0.1, 0.15) is 57.1 Å².